The summed E-state index contributed by atoms with van der Waals surface area (Å²) in [5.41, 5.74) is -0.755. The topological polar surface area (TPSA) is 109 Å². The predicted molar refractivity (Wildman–Crippen MR) is 146 cm³/mol. The fourth-order valence-electron chi connectivity index (χ4n) is 6.09. The molecule has 2 fully saturated rings. The van der Waals surface area contributed by atoms with E-state index in [0.717, 1.165) is 13.1 Å². The third kappa shape index (κ3) is 3.98. The second-order valence-corrected chi connectivity index (χ2v) is 10.1. The minimum atomic E-state index is -1.81. The van der Waals surface area contributed by atoms with E-state index in [1.165, 1.54) is 9.80 Å². The molecule has 2 saturated heterocycles. The van der Waals surface area contributed by atoms with Crippen LogP contribution in [-0.2, 0) is 24.7 Å². The molecular formula is C30H31N3O7. The molecule has 10 nitrogen and oxygen atoms in total. The number of aliphatic hydroxyl groups is 1. The first-order valence-corrected chi connectivity index (χ1v) is 13.5. The molecule has 0 bridgehead atoms. The molecule has 2 aromatic carbocycles. The van der Waals surface area contributed by atoms with E-state index in [0.29, 0.717) is 62.1 Å². The third-order valence-electron chi connectivity index (χ3n) is 7.90. The van der Waals surface area contributed by atoms with Gasteiger partial charge in [-0.15, -0.1) is 6.58 Å². The number of rotatable bonds is 7. The largest absolute Gasteiger partial charge is 0.507 e. The van der Waals surface area contributed by atoms with Crippen molar-refractivity contribution in [1.29, 1.82) is 0 Å². The lowest BCUT2D eigenvalue weighted by Gasteiger charge is -2.35. The number of ketones is 1. The second kappa shape index (κ2) is 10.4. The molecule has 0 saturated carbocycles. The lowest BCUT2D eigenvalue weighted by molar-refractivity contribution is -0.143. The van der Waals surface area contributed by atoms with Gasteiger partial charge in [0.2, 0.25) is 0 Å². The maximum atomic E-state index is 14.4. The van der Waals surface area contributed by atoms with Crippen LogP contribution in [0.5, 0.6) is 11.5 Å². The Morgan fingerprint density at radius 2 is 1.73 bits per heavy atom. The molecule has 6 rings (SSSR count). The highest BCUT2D eigenvalue weighted by Gasteiger charge is 2.66. The summed E-state index contributed by atoms with van der Waals surface area (Å²) in [6.07, 6.45) is 2.13. The van der Waals surface area contributed by atoms with Crippen LogP contribution < -0.4 is 14.4 Å². The summed E-state index contributed by atoms with van der Waals surface area (Å²) < 4.78 is 16.7. The number of hydrogen-bond acceptors (Lipinski definition) is 8. The normalized spacial score (nSPS) is 23.6. The number of amides is 2. The van der Waals surface area contributed by atoms with Gasteiger partial charge in [0.05, 0.1) is 24.5 Å². The quantitative estimate of drug-likeness (QED) is 0.244. The summed E-state index contributed by atoms with van der Waals surface area (Å²) in [5, 5.41) is 11.7. The zero-order valence-electron chi connectivity index (χ0n) is 22.1. The summed E-state index contributed by atoms with van der Waals surface area (Å²) in [7, 11) is 0. The Morgan fingerprint density at radius 3 is 2.50 bits per heavy atom. The van der Waals surface area contributed by atoms with Gasteiger partial charge in [-0.05, 0) is 30.7 Å². The lowest BCUT2D eigenvalue weighted by atomic mass is 9.81. The highest BCUT2D eigenvalue weighted by atomic mass is 16.6. The van der Waals surface area contributed by atoms with E-state index < -0.39 is 28.9 Å². The Balaban J connectivity index is 1.49. The van der Waals surface area contributed by atoms with Gasteiger partial charge in [-0.3, -0.25) is 19.3 Å². The molecular weight excluding hydrogens is 514 g/mol. The van der Waals surface area contributed by atoms with Gasteiger partial charge in [-0.25, -0.2) is 0 Å². The van der Waals surface area contributed by atoms with Crippen molar-refractivity contribution in [3.8, 4) is 11.5 Å². The molecule has 4 heterocycles. The van der Waals surface area contributed by atoms with Crippen LogP contribution in [0.3, 0.4) is 0 Å². The SMILES string of the molecule is C=CCN1C(=O)[C@@]2(C(=C(O)c3ccc4c(c3)OCCO4)C(=O)C(=O)N2CCCN2CCOCC2)c2ccccc21. The summed E-state index contributed by atoms with van der Waals surface area (Å²) in [6.45, 7) is 8.40. The van der Waals surface area contributed by atoms with Crippen molar-refractivity contribution in [3.05, 3.63) is 71.8 Å². The monoisotopic (exact) mass is 545 g/mol. The molecule has 0 aliphatic carbocycles. The Morgan fingerprint density at radius 1 is 0.975 bits per heavy atom. The molecule has 2 aromatic rings. The lowest BCUT2D eigenvalue weighted by Crippen LogP contribution is -2.52. The molecule has 208 valence electrons. The Kier molecular flexibility index (Phi) is 6.81. The number of Topliss-reactive ketones (excluding diaryl/α,β-unsaturated/α-hetero) is 1. The highest BCUT2D eigenvalue weighted by molar-refractivity contribution is 6.50. The number of ether oxygens (including phenoxy) is 3. The average Bonchev–Trinajstić information content (AvgIpc) is 3.36. The van der Waals surface area contributed by atoms with Gasteiger partial charge in [0.25, 0.3) is 17.6 Å². The van der Waals surface area contributed by atoms with E-state index in [4.69, 9.17) is 14.2 Å². The Labute approximate surface area is 232 Å². The minimum absolute atomic E-state index is 0.155. The first-order valence-electron chi connectivity index (χ1n) is 13.5. The molecule has 1 atom stereocenters. The van der Waals surface area contributed by atoms with Crippen LogP contribution in [0.4, 0.5) is 5.69 Å². The van der Waals surface area contributed by atoms with Crippen LogP contribution in [0.25, 0.3) is 5.76 Å². The molecule has 10 heteroatoms. The van der Waals surface area contributed by atoms with Crippen molar-refractivity contribution in [1.82, 2.24) is 9.80 Å². The molecule has 2 amide bonds. The Bertz CT molecular complexity index is 1410. The van der Waals surface area contributed by atoms with Crippen molar-refractivity contribution < 1.29 is 33.7 Å². The third-order valence-corrected chi connectivity index (χ3v) is 7.90. The zero-order chi connectivity index (χ0) is 27.9. The van der Waals surface area contributed by atoms with Gasteiger partial charge in [0.1, 0.15) is 19.0 Å². The zero-order valence-corrected chi connectivity index (χ0v) is 22.1. The predicted octanol–water partition coefficient (Wildman–Crippen LogP) is 2.29. The fourth-order valence-corrected chi connectivity index (χ4v) is 6.09. The number of nitrogens with zero attached hydrogens (tertiary/aromatic N) is 3. The molecule has 0 aromatic heterocycles. The summed E-state index contributed by atoms with van der Waals surface area (Å²) in [6, 6.07) is 11.9. The van der Waals surface area contributed by atoms with Crippen molar-refractivity contribution in [2.75, 3.05) is 64.1 Å². The van der Waals surface area contributed by atoms with Crippen molar-refractivity contribution in [2.45, 2.75) is 12.0 Å². The van der Waals surface area contributed by atoms with Crippen molar-refractivity contribution in [3.63, 3.8) is 0 Å². The maximum absolute atomic E-state index is 14.4. The first-order chi connectivity index (χ1) is 19.5. The van der Waals surface area contributed by atoms with E-state index in [9.17, 15) is 19.5 Å². The van der Waals surface area contributed by atoms with Crippen molar-refractivity contribution >= 4 is 29.0 Å². The molecule has 1 N–H and O–H groups in total. The number of morpholine rings is 1. The molecule has 4 aliphatic rings. The molecule has 4 aliphatic heterocycles. The average molecular weight is 546 g/mol. The van der Waals surface area contributed by atoms with Crippen molar-refractivity contribution in [2.24, 2.45) is 0 Å². The molecule has 1 spiro atoms. The van der Waals surface area contributed by atoms with E-state index in [1.54, 1.807) is 48.5 Å². The number of fused-ring (bicyclic) bond motifs is 3. The van der Waals surface area contributed by atoms with E-state index in [2.05, 4.69) is 11.5 Å². The number of anilines is 1. The smallest absolute Gasteiger partial charge is 0.296 e. The van der Waals surface area contributed by atoms with E-state index >= 15 is 0 Å². The molecule has 40 heavy (non-hydrogen) atoms. The van der Waals surface area contributed by atoms with Crippen LogP contribution in [0.1, 0.15) is 17.5 Å². The van der Waals surface area contributed by atoms with Gasteiger partial charge >= 0.3 is 0 Å². The van der Waals surface area contributed by atoms with Gasteiger partial charge < -0.3 is 29.1 Å². The van der Waals surface area contributed by atoms with Crippen LogP contribution in [-0.4, -0.2) is 91.7 Å². The summed E-state index contributed by atoms with van der Waals surface area (Å²) >= 11 is 0. The number of benzene rings is 2. The minimum Gasteiger partial charge on any atom is -0.507 e. The number of hydrogen-bond donors (Lipinski definition) is 1. The molecule has 0 unspecified atom stereocenters. The number of carbonyl (C=O) groups excluding carboxylic acids is 3. The van der Waals surface area contributed by atoms with Crippen LogP contribution >= 0.6 is 0 Å². The van der Waals surface area contributed by atoms with Gasteiger partial charge in [0, 0.05) is 43.9 Å². The number of carbonyl (C=O) groups is 3. The van der Waals surface area contributed by atoms with Crippen LogP contribution in [0.2, 0.25) is 0 Å². The second-order valence-electron chi connectivity index (χ2n) is 10.1. The standard InChI is InChI=1S/C30H31N3O7/c1-2-10-32-22-7-4-3-6-21(22)30(29(32)37)25(26(34)20-8-9-23-24(19-20)40-18-17-39-23)27(35)28(36)33(30)12-5-11-31-13-15-38-16-14-31/h2-4,6-9,19,34H,1,5,10-18H2/t30-/m0/s1. The van der Waals surface area contributed by atoms with Gasteiger partial charge in [-0.2, -0.15) is 0 Å². The van der Waals surface area contributed by atoms with E-state index in [1.807, 2.05) is 0 Å². The van der Waals surface area contributed by atoms with E-state index in [-0.39, 0.29) is 24.2 Å². The highest BCUT2D eigenvalue weighted by Crippen LogP contribution is 2.53. The number of aliphatic hydroxyl groups excluding tert-OH is 1. The maximum Gasteiger partial charge on any atom is 0.296 e. The van der Waals surface area contributed by atoms with Crippen LogP contribution in [0, 0.1) is 0 Å². The number of para-hydroxylation sites is 1. The van der Waals surface area contributed by atoms with Gasteiger partial charge in [0.15, 0.2) is 17.0 Å². The molecule has 0 radical (unpaired) electrons. The Hall–Kier alpha value is -4.15. The summed E-state index contributed by atoms with van der Waals surface area (Å²) in [5.74, 6) is -1.70. The summed E-state index contributed by atoms with van der Waals surface area (Å²) in [4.78, 5) is 47.0. The van der Waals surface area contributed by atoms with Gasteiger partial charge in [-0.1, -0.05) is 24.3 Å². The van der Waals surface area contributed by atoms with Crippen LogP contribution in [0.15, 0.2) is 60.7 Å². The first kappa shape index (κ1) is 26.1. The fraction of sp³-hybridized carbons (Fsp3) is 0.367. The number of likely N-dealkylation sites (tertiary alicyclic amines) is 1.